The van der Waals surface area contributed by atoms with Crippen molar-refractivity contribution in [3.8, 4) is 0 Å². The molecule has 1 atom stereocenters. The lowest BCUT2D eigenvalue weighted by molar-refractivity contribution is -0.117. The average molecular weight is 295 g/mol. The van der Waals surface area contributed by atoms with Crippen molar-refractivity contribution in [1.82, 2.24) is 5.32 Å². The molecular weight excluding hydrogens is 273 g/mol. The Balaban J connectivity index is 3.24. The number of hydrogen-bond donors (Lipinski definition) is 1. The zero-order valence-electron chi connectivity index (χ0n) is 12.9. The highest BCUT2D eigenvalue weighted by Crippen LogP contribution is 2.24. The van der Waals surface area contributed by atoms with E-state index in [0.29, 0.717) is 29.9 Å². The fourth-order valence-corrected chi connectivity index (χ4v) is 1.92. The number of nitrogens with one attached hydrogen (secondary N) is 1. The van der Waals surface area contributed by atoms with E-state index in [4.69, 9.17) is 9.47 Å². The van der Waals surface area contributed by atoms with Gasteiger partial charge in [-0.25, -0.2) is 4.39 Å². The van der Waals surface area contributed by atoms with Gasteiger partial charge in [0.1, 0.15) is 11.6 Å². The number of rotatable bonds is 7. The molecule has 0 aliphatic carbocycles. The molecule has 4 nitrogen and oxygen atoms in total. The Morgan fingerprint density at radius 1 is 1.29 bits per heavy atom. The summed E-state index contributed by atoms with van der Waals surface area (Å²) in [5.74, 6) is -0.146. The van der Waals surface area contributed by atoms with Gasteiger partial charge in [0.05, 0.1) is 5.57 Å². The number of benzene rings is 1. The second-order valence-corrected chi connectivity index (χ2v) is 4.39. The maximum absolute atomic E-state index is 13.1. The summed E-state index contributed by atoms with van der Waals surface area (Å²) in [5, 5.41) is 2.59. The molecule has 1 unspecified atom stereocenters. The van der Waals surface area contributed by atoms with Crippen LogP contribution < -0.4 is 5.32 Å². The molecule has 0 radical (unpaired) electrons. The fourth-order valence-electron chi connectivity index (χ4n) is 1.92. The van der Waals surface area contributed by atoms with Crippen LogP contribution in [-0.4, -0.2) is 25.9 Å². The monoisotopic (exact) mass is 295 g/mol. The highest BCUT2D eigenvalue weighted by atomic mass is 19.1. The van der Waals surface area contributed by atoms with Crippen LogP contribution in [0.1, 0.15) is 32.8 Å². The second kappa shape index (κ2) is 8.42. The molecule has 0 aliphatic heterocycles. The number of likely N-dealkylation sites (N-methyl/N-ethyl adjacent to an activating group) is 1. The van der Waals surface area contributed by atoms with Crippen molar-refractivity contribution in [1.29, 1.82) is 0 Å². The van der Waals surface area contributed by atoms with Crippen LogP contribution in [0.2, 0.25) is 0 Å². The molecule has 1 aromatic carbocycles. The SMILES string of the molecule is CCOC(C)O/C(=C(\CC)C(=O)NC)c1ccc(F)cc1. The van der Waals surface area contributed by atoms with Gasteiger partial charge in [0.15, 0.2) is 6.29 Å². The van der Waals surface area contributed by atoms with Crippen LogP contribution in [0.4, 0.5) is 4.39 Å². The molecule has 0 aliphatic rings. The minimum Gasteiger partial charge on any atom is -0.464 e. The van der Waals surface area contributed by atoms with Crippen LogP contribution in [0, 0.1) is 5.82 Å². The second-order valence-electron chi connectivity index (χ2n) is 4.39. The van der Waals surface area contributed by atoms with Crippen LogP contribution in [0.5, 0.6) is 0 Å². The quantitative estimate of drug-likeness (QED) is 0.478. The molecule has 1 aromatic rings. The third-order valence-corrected chi connectivity index (χ3v) is 2.92. The molecule has 0 aromatic heterocycles. The van der Waals surface area contributed by atoms with Crippen molar-refractivity contribution in [2.45, 2.75) is 33.5 Å². The lowest BCUT2D eigenvalue weighted by Crippen LogP contribution is -2.23. The van der Waals surface area contributed by atoms with E-state index in [-0.39, 0.29) is 11.7 Å². The highest BCUT2D eigenvalue weighted by Gasteiger charge is 2.18. The van der Waals surface area contributed by atoms with Gasteiger partial charge >= 0.3 is 0 Å². The van der Waals surface area contributed by atoms with Gasteiger partial charge in [0.25, 0.3) is 5.91 Å². The van der Waals surface area contributed by atoms with Crippen molar-refractivity contribution in [3.05, 3.63) is 41.2 Å². The smallest absolute Gasteiger partial charge is 0.250 e. The van der Waals surface area contributed by atoms with E-state index < -0.39 is 6.29 Å². The van der Waals surface area contributed by atoms with E-state index in [1.807, 2.05) is 13.8 Å². The molecule has 1 rings (SSSR count). The number of ether oxygens (including phenoxy) is 2. The van der Waals surface area contributed by atoms with Gasteiger partial charge in [-0.15, -0.1) is 0 Å². The van der Waals surface area contributed by atoms with Crippen LogP contribution in [0.15, 0.2) is 29.8 Å². The Bertz CT molecular complexity index is 497. The van der Waals surface area contributed by atoms with Crippen LogP contribution in [0.25, 0.3) is 5.76 Å². The molecule has 0 bridgehead atoms. The summed E-state index contributed by atoms with van der Waals surface area (Å²) in [4.78, 5) is 12.0. The van der Waals surface area contributed by atoms with E-state index in [2.05, 4.69) is 5.32 Å². The fraction of sp³-hybridized carbons (Fsp3) is 0.438. The maximum atomic E-state index is 13.1. The summed E-state index contributed by atoms with van der Waals surface area (Å²) >= 11 is 0. The summed E-state index contributed by atoms with van der Waals surface area (Å²) in [6.07, 6.45) is -0.00754. The average Bonchev–Trinajstić information content (AvgIpc) is 2.47. The van der Waals surface area contributed by atoms with E-state index in [1.54, 1.807) is 26.1 Å². The first-order valence-electron chi connectivity index (χ1n) is 7.02. The zero-order chi connectivity index (χ0) is 15.8. The number of hydrogen-bond acceptors (Lipinski definition) is 3. The molecule has 5 heteroatoms. The summed E-state index contributed by atoms with van der Waals surface area (Å²) in [7, 11) is 1.56. The topological polar surface area (TPSA) is 47.6 Å². The van der Waals surface area contributed by atoms with Gasteiger partial charge in [-0.3, -0.25) is 4.79 Å². The van der Waals surface area contributed by atoms with Crippen molar-refractivity contribution >= 4 is 11.7 Å². The Morgan fingerprint density at radius 3 is 2.38 bits per heavy atom. The zero-order valence-corrected chi connectivity index (χ0v) is 12.9. The largest absolute Gasteiger partial charge is 0.464 e. The van der Waals surface area contributed by atoms with Crippen LogP contribution in [0.3, 0.4) is 0 Å². The Labute approximate surface area is 124 Å². The molecular formula is C16H22FNO3. The van der Waals surface area contributed by atoms with Crippen molar-refractivity contribution in [3.63, 3.8) is 0 Å². The lowest BCUT2D eigenvalue weighted by atomic mass is 10.1. The van der Waals surface area contributed by atoms with Crippen LogP contribution >= 0.6 is 0 Å². The molecule has 0 heterocycles. The molecule has 21 heavy (non-hydrogen) atoms. The molecule has 0 saturated carbocycles. The molecule has 116 valence electrons. The van der Waals surface area contributed by atoms with E-state index in [9.17, 15) is 9.18 Å². The van der Waals surface area contributed by atoms with E-state index in [0.717, 1.165) is 0 Å². The molecule has 0 fully saturated rings. The first kappa shape index (κ1) is 17.2. The molecule has 0 saturated heterocycles. The van der Waals surface area contributed by atoms with E-state index >= 15 is 0 Å². The predicted octanol–water partition coefficient (Wildman–Crippen LogP) is 3.09. The number of halogens is 1. The van der Waals surface area contributed by atoms with Gasteiger partial charge in [0.2, 0.25) is 0 Å². The summed E-state index contributed by atoms with van der Waals surface area (Å²) < 4.78 is 24.2. The highest BCUT2D eigenvalue weighted by molar-refractivity contribution is 5.99. The summed E-state index contributed by atoms with van der Waals surface area (Å²) in [6, 6.07) is 5.84. The standard InChI is InChI=1S/C16H22FNO3/c1-5-14(16(19)18-4)15(21-11(3)20-6-2)12-7-9-13(17)10-8-12/h7-11H,5-6H2,1-4H3,(H,18,19)/b15-14+. The number of carbonyl (C=O) groups excluding carboxylic acids is 1. The third kappa shape index (κ3) is 4.86. The van der Waals surface area contributed by atoms with Crippen LogP contribution in [-0.2, 0) is 14.3 Å². The number of amides is 1. The first-order valence-corrected chi connectivity index (χ1v) is 7.02. The lowest BCUT2D eigenvalue weighted by Gasteiger charge is -2.20. The van der Waals surface area contributed by atoms with Gasteiger partial charge in [-0.1, -0.05) is 6.92 Å². The number of carbonyl (C=O) groups is 1. The van der Waals surface area contributed by atoms with Gasteiger partial charge in [-0.2, -0.15) is 0 Å². The van der Waals surface area contributed by atoms with E-state index in [1.165, 1.54) is 12.1 Å². The van der Waals surface area contributed by atoms with Crippen molar-refractivity contribution in [2.24, 2.45) is 0 Å². The maximum Gasteiger partial charge on any atom is 0.250 e. The molecule has 0 spiro atoms. The summed E-state index contributed by atoms with van der Waals surface area (Å²) in [6.45, 7) is 5.98. The minimum atomic E-state index is -0.499. The predicted molar refractivity (Wildman–Crippen MR) is 79.9 cm³/mol. The Morgan fingerprint density at radius 2 is 1.90 bits per heavy atom. The molecule has 1 N–H and O–H groups in total. The summed E-state index contributed by atoms with van der Waals surface area (Å²) in [5.41, 5.74) is 1.14. The van der Waals surface area contributed by atoms with Gasteiger partial charge < -0.3 is 14.8 Å². The van der Waals surface area contributed by atoms with Crippen molar-refractivity contribution in [2.75, 3.05) is 13.7 Å². The first-order chi connectivity index (χ1) is 10.0. The van der Waals surface area contributed by atoms with Gasteiger partial charge in [-0.05, 0) is 44.5 Å². The molecule has 1 amide bonds. The van der Waals surface area contributed by atoms with Gasteiger partial charge in [0, 0.05) is 19.2 Å². The Hall–Kier alpha value is -1.88. The third-order valence-electron chi connectivity index (χ3n) is 2.92. The minimum absolute atomic E-state index is 0.222. The van der Waals surface area contributed by atoms with Crippen molar-refractivity contribution < 1.29 is 18.7 Å². The normalized spacial score (nSPS) is 13.4. The Kier molecular flexibility index (Phi) is 6.88.